The molecule has 1 aromatic rings. The second-order valence-electron chi connectivity index (χ2n) is 17.2. The number of hydrogen-bond donors (Lipinski definition) is 2. The largest absolute Gasteiger partial charge is 0.495 e. The number of methoxy groups -OCH3 is 2. The molecular formula is C44H58ClF3N4O13S2. The Kier molecular flexibility index (Phi) is 18.2. The Morgan fingerprint density at radius 2 is 1.78 bits per heavy atom. The Hall–Kier alpha value is -4.06. The second kappa shape index (κ2) is 22.6. The number of hydrogen-bond acceptors (Lipinski definition) is 16. The lowest BCUT2D eigenvalue weighted by molar-refractivity contribution is -0.197. The number of anilines is 1. The van der Waals surface area contributed by atoms with Crippen molar-refractivity contribution in [2.24, 2.45) is 5.92 Å². The highest BCUT2D eigenvalue weighted by atomic mass is 35.5. The van der Waals surface area contributed by atoms with E-state index in [4.69, 9.17) is 40.1 Å². The van der Waals surface area contributed by atoms with Crippen LogP contribution >= 0.6 is 33.2 Å². The summed E-state index contributed by atoms with van der Waals surface area (Å²) < 4.78 is 72.9. The summed E-state index contributed by atoms with van der Waals surface area (Å²) in [6, 6.07) is -0.126. The third-order valence-corrected chi connectivity index (χ3v) is 15.3. The topological polar surface area (TPSA) is 203 Å². The number of amides is 4. The van der Waals surface area contributed by atoms with Gasteiger partial charge in [0, 0.05) is 57.3 Å². The van der Waals surface area contributed by atoms with Crippen molar-refractivity contribution in [3.05, 3.63) is 46.5 Å². The third-order valence-electron chi connectivity index (χ3n) is 12.4. The van der Waals surface area contributed by atoms with E-state index in [2.05, 4.69) is 5.32 Å². The highest BCUT2D eigenvalue weighted by Crippen LogP contribution is 2.49. The lowest BCUT2D eigenvalue weighted by Crippen LogP contribution is -2.63. The number of rotatable bonds is 15. The van der Waals surface area contributed by atoms with E-state index in [1.165, 1.54) is 43.9 Å². The van der Waals surface area contributed by atoms with E-state index in [-0.39, 0.29) is 54.3 Å². The summed E-state index contributed by atoms with van der Waals surface area (Å²) in [5.41, 5.74) is -1.50. The zero-order valence-corrected chi connectivity index (χ0v) is 40.9. The molecule has 4 aliphatic rings. The number of ether oxygens (including phenoxy) is 5. The van der Waals surface area contributed by atoms with E-state index in [0.29, 0.717) is 22.8 Å². The van der Waals surface area contributed by atoms with Gasteiger partial charge in [-0.1, -0.05) is 63.9 Å². The Bertz CT molecular complexity index is 2080. The van der Waals surface area contributed by atoms with Crippen LogP contribution in [0.3, 0.4) is 0 Å². The Morgan fingerprint density at radius 3 is 2.42 bits per heavy atom. The van der Waals surface area contributed by atoms with Crippen LogP contribution in [-0.4, -0.2) is 145 Å². The SMILES string of the molecule is COc1cc2cc(c1Cl)N(C)C(=O)C[C@H](OC(=O)[C@H](C)N(C)C(CCSSCCCC(=O)ON1C(=O)CCC1=O)C(F)(F)F)[C@]1(C)O[C@H]1[C@H](C)C1C[C@@](O)(NC(=O)O1)[C@H](OC)/C=C/C=C(\C)C2. The molecule has 0 saturated carbocycles. The molecule has 23 heteroatoms. The molecule has 2 N–H and O–H groups in total. The summed E-state index contributed by atoms with van der Waals surface area (Å²) in [6.07, 6.45) is -5.43. The number of alkyl halides is 3. The van der Waals surface area contributed by atoms with Crippen LogP contribution in [0.5, 0.6) is 5.75 Å². The molecule has 372 valence electrons. The Morgan fingerprint density at radius 1 is 1.10 bits per heavy atom. The summed E-state index contributed by atoms with van der Waals surface area (Å²) in [6.45, 7) is 6.42. The molecule has 5 rings (SSSR count). The number of carbonyl (C=O) groups is 6. The minimum Gasteiger partial charge on any atom is -0.495 e. The van der Waals surface area contributed by atoms with Gasteiger partial charge in [0.15, 0.2) is 5.72 Å². The van der Waals surface area contributed by atoms with Crippen LogP contribution in [0.4, 0.5) is 23.7 Å². The molecule has 4 amide bonds. The smallest absolute Gasteiger partial charge is 0.409 e. The minimum absolute atomic E-state index is 0.0132. The number of carbonyl (C=O) groups excluding carboxylic acids is 6. The van der Waals surface area contributed by atoms with Gasteiger partial charge in [-0.2, -0.15) is 13.2 Å². The van der Waals surface area contributed by atoms with E-state index >= 15 is 0 Å². The molecule has 9 atom stereocenters. The van der Waals surface area contributed by atoms with E-state index in [0.717, 1.165) is 28.3 Å². The molecule has 4 heterocycles. The maximum absolute atomic E-state index is 14.6. The maximum Gasteiger partial charge on any atom is 0.409 e. The number of benzene rings is 1. The average molecular weight is 1010 g/mol. The normalized spacial score (nSPS) is 29.3. The molecule has 0 aromatic heterocycles. The number of nitrogens with one attached hydrogen (secondary N) is 1. The number of alkyl carbamates (subject to hydrolysis) is 1. The van der Waals surface area contributed by atoms with Crippen LogP contribution in [-0.2, 0) is 54.2 Å². The van der Waals surface area contributed by atoms with Gasteiger partial charge in [0.05, 0.1) is 25.3 Å². The first-order valence-electron chi connectivity index (χ1n) is 21.6. The molecule has 67 heavy (non-hydrogen) atoms. The first kappa shape index (κ1) is 53.9. The van der Waals surface area contributed by atoms with Crippen LogP contribution in [0.2, 0.25) is 5.02 Å². The summed E-state index contributed by atoms with van der Waals surface area (Å²) in [5, 5.41) is 14.8. The van der Waals surface area contributed by atoms with Gasteiger partial charge in [-0.15, -0.1) is 5.06 Å². The number of allylic oxidation sites excluding steroid dienone is 3. The fourth-order valence-corrected chi connectivity index (χ4v) is 10.7. The number of nitrogens with zero attached hydrogens (tertiary/aromatic N) is 3. The first-order valence-corrected chi connectivity index (χ1v) is 24.5. The van der Waals surface area contributed by atoms with E-state index < -0.39 is 109 Å². The van der Waals surface area contributed by atoms with Crippen molar-refractivity contribution in [2.45, 2.75) is 133 Å². The fraction of sp³-hybridized carbons (Fsp3) is 0.636. The van der Waals surface area contributed by atoms with E-state index in [1.54, 1.807) is 44.2 Å². The van der Waals surface area contributed by atoms with Crippen LogP contribution in [0.25, 0.3) is 0 Å². The number of fused-ring (bicyclic) bond motifs is 5. The first-order chi connectivity index (χ1) is 31.4. The summed E-state index contributed by atoms with van der Waals surface area (Å²) in [4.78, 5) is 83.7. The molecule has 4 aliphatic heterocycles. The van der Waals surface area contributed by atoms with Gasteiger partial charge in [0.1, 0.15) is 46.8 Å². The van der Waals surface area contributed by atoms with Crippen LogP contribution in [0.15, 0.2) is 35.9 Å². The molecular weight excluding hydrogens is 949 g/mol. The number of likely N-dealkylation sites (N-methyl/N-ethyl adjacent to an activating group) is 1. The van der Waals surface area contributed by atoms with Gasteiger partial charge >= 0.3 is 24.2 Å². The molecule has 4 bridgehead atoms. The highest BCUT2D eigenvalue weighted by Gasteiger charge is 2.64. The monoisotopic (exact) mass is 1010 g/mol. The van der Waals surface area contributed by atoms with Crippen molar-refractivity contribution < 1.29 is 75.6 Å². The number of hydroxylamine groups is 2. The molecule has 3 fully saturated rings. The van der Waals surface area contributed by atoms with Gasteiger partial charge in [0.25, 0.3) is 11.8 Å². The molecule has 17 nitrogen and oxygen atoms in total. The molecule has 2 unspecified atom stereocenters. The van der Waals surface area contributed by atoms with Gasteiger partial charge < -0.3 is 38.5 Å². The van der Waals surface area contributed by atoms with Crippen molar-refractivity contribution in [3.8, 4) is 5.75 Å². The molecule has 0 spiro atoms. The minimum atomic E-state index is -4.76. The summed E-state index contributed by atoms with van der Waals surface area (Å²) >= 11 is 6.76. The third kappa shape index (κ3) is 13.2. The van der Waals surface area contributed by atoms with Crippen LogP contribution < -0.4 is 15.0 Å². The quantitative estimate of drug-likeness (QED) is 0.0673. The Balaban J connectivity index is 1.33. The van der Waals surface area contributed by atoms with Crippen molar-refractivity contribution in [2.75, 3.05) is 44.7 Å². The molecule has 0 radical (unpaired) electrons. The predicted molar refractivity (Wildman–Crippen MR) is 242 cm³/mol. The van der Waals surface area contributed by atoms with E-state index in [1.807, 2.05) is 6.92 Å². The summed E-state index contributed by atoms with van der Waals surface area (Å²) in [5.74, 6) is -3.65. The van der Waals surface area contributed by atoms with Gasteiger partial charge in [0.2, 0.25) is 5.91 Å². The summed E-state index contributed by atoms with van der Waals surface area (Å²) in [7, 11) is 7.81. The second-order valence-corrected chi connectivity index (χ2v) is 20.3. The van der Waals surface area contributed by atoms with Crippen molar-refractivity contribution in [1.29, 1.82) is 0 Å². The van der Waals surface area contributed by atoms with Gasteiger partial charge in [-0.05, 0) is 64.8 Å². The fourth-order valence-electron chi connectivity index (χ4n) is 8.24. The Labute approximate surface area is 400 Å². The maximum atomic E-state index is 14.6. The standard InChI is InChI=1S/C44H58ClF3N4O13S2/c1-24-11-9-12-32(61-8)43(59)23-30(62-41(58)49-43)25(2)39-42(4,64-39)33(22-36(55)51(6)28-20-27(19-24)21-29(60-7)38(28)45)63-40(57)26(3)50(5)31(44(46,47)48)16-18-67-66-17-10-13-37(56)65-52-34(53)14-15-35(52)54/h9,11-12,20-21,25-26,30-33,39,59H,10,13-19,22-23H2,1-8H3,(H,49,58)/b12-9+,24-11+/t25-,26+,30?,31?,32-,33+,39+,42+,43+/m1/s1. The number of epoxide rings is 1. The van der Waals surface area contributed by atoms with Crippen molar-refractivity contribution in [3.63, 3.8) is 0 Å². The van der Waals surface area contributed by atoms with Crippen molar-refractivity contribution >= 4 is 74.6 Å². The number of esters is 1. The lowest BCUT2D eigenvalue weighted by atomic mass is 9.83. The number of imide groups is 1. The number of aliphatic hydroxyl groups is 1. The lowest BCUT2D eigenvalue weighted by Gasteiger charge is -2.42. The van der Waals surface area contributed by atoms with Crippen LogP contribution in [0.1, 0.15) is 78.2 Å². The van der Waals surface area contributed by atoms with Crippen molar-refractivity contribution in [1.82, 2.24) is 15.3 Å². The number of halogens is 4. The zero-order chi connectivity index (χ0) is 49.6. The average Bonchev–Trinajstić information content (AvgIpc) is 3.87. The van der Waals surface area contributed by atoms with Crippen LogP contribution in [0, 0.1) is 5.92 Å². The molecule has 1 aromatic carbocycles. The van der Waals surface area contributed by atoms with Gasteiger partial charge in [-0.3, -0.25) is 29.4 Å². The van der Waals surface area contributed by atoms with E-state index in [9.17, 15) is 47.0 Å². The van der Waals surface area contributed by atoms with Gasteiger partial charge in [-0.25, -0.2) is 9.59 Å². The molecule has 0 aliphatic carbocycles. The molecule has 3 saturated heterocycles. The predicted octanol–water partition coefficient (Wildman–Crippen LogP) is 6.08. The highest BCUT2D eigenvalue weighted by molar-refractivity contribution is 8.76. The zero-order valence-electron chi connectivity index (χ0n) is 38.5.